The molecule has 2 aromatic rings. The molecule has 186 valence electrons. The second-order valence-electron chi connectivity index (χ2n) is 9.75. The lowest BCUT2D eigenvalue weighted by Crippen LogP contribution is -2.44. The number of hydrogen-bond acceptors (Lipinski definition) is 6. The van der Waals surface area contributed by atoms with Crippen LogP contribution >= 0.6 is 11.8 Å². The van der Waals surface area contributed by atoms with E-state index >= 15 is 0 Å². The van der Waals surface area contributed by atoms with Gasteiger partial charge in [0.1, 0.15) is 18.2 Å². The highest BCUT2D eigenvalue weighted by Crippen LogP contribution is 2.41. The van der Waals surface area contributed by atoms with Crippen LogP contribution in [0.15, 0.2) is 41.6 Å². The molecule has 3 aliphatic heterocycles. The summed E-state index contributed by atoms with van der Waals surface area (Å²) in [5, 5.41) is 0.784. The van der Waals surface area contributed by atoms with Gasteiger partial charge in [0.25, 0.3) is 5.91 Å². The number of thioether (sulfide) groups is 1. The van der Waals surface area contributed by atoms with Gasteiger partial charge < -0.3 is 19.3 Å². The van der Waals surface area contributed by atoms with Crippen molar-refractivity contribution in [3.05, 3.63) is 47.7 Å². The van der Waals surface area contributed by atoms with Gasteiger partial charge in [-0.15, -0.1) is 11.8 Å². The first-order valence-corrected chi connectivity index (χ1v) is 13.7. The lowest BCUT2D eigenvalue weighted by molar-refractivity contribution is -0.130. The van der Waals surface area contributed by atoms with Gasteiger partial charge in [-0.2, -0.15) is 0 Å². The Morgan fingerprint density at radius 2 is 1.77 bits per heavy atom. The number of carbonyl (C=O) groups is 2. The van der Waals surface area contributed by atoms with Gasteiger partial charge in [-0.1, -0.05) is 6.07 Å². The first-order chi connectivity index (χ1) is 17.1. The van der Waals surface area contributed by atoms with Crippen molar-refractivity contribution in [3.63, 3.8) is 0 Å². The van der Waals surface area contributed by atoms with Gasteiger partial charge in [0.05, 0.1) is 5.56 Å². The van der Waals surface area contributed by atoms with E-state index in [1.807, 2.05) is 40.3 Å². The molecule has 0 N–H and O–H groups in total. The predicted molar refractivity (Wildman–Crippen MR) is 135 cm³/mol. The molecule has 8 heteroatoms. The number of carbonyl (C=O) groups excluding carboxylic acids is 2. The van der Waals surface area contributed by atoms with Gasteiger partial charge in [-0.25, -0.2) is 4.98 Å². The molecule has 0 unspecified atom stereocenters. The molecule has 0 atom stereocenters. The first kappa shape index (κ1) is 24.0. The molecule has 2 saturated heterocycles. The van der Waals surface area contributed by atoms with E-state index in [-0.39, 0.29) is 17.2 Å². The molecular weight excluding hydrogens is 462 g/mol. The monoisotopic (exact) mass is 495 g/mol. The van der Waals surface area contributed by atoms with Crippen LogP contribution in [-0.4, -0.2) is 72.2 Å². The average Bonchev–Trinajstić information content (AvgIpc) is 3.32. The normalized spacial score (nSPS) is 18.7. The van der Waals surface area contributed by atoms with E-state index in [9.17, 15) is 9.59 Å². The number of ether oxygens (including phenoxy) is 2. The third kappa shape index (κ3) is 5.27. The van der Waals surface area contributed by atoms with Gasteiger partial charge in [0, 0.05) is 38.8 Å². The maximum Gasteiger partial charge on any atom is 0.256 e. The molecule has 5 rings (SSSR count). The van der Waals surface area contributed by atoms with Crippen molar-refractivity contribution in [2.24, 2.45) is 5.41 Å². The average molecular weight is 496 g/mol. The van der Waals surface area contributed by atoms with Crippen molar-refractivity contribution < 1.29 is 19.1 Å². The molecule has 4 heterocycles. The molecule has 35 heavy (non-hydrogen) atoms. The largest absolute Gasteiger partial charge is 0.486 e. The highest BCUT2D eigenvalue weighted by Gasteiger charge is 2.42. The fourth-order valence-electron chi connectivity index (χ4n) is 5.47. The number of amides is 2. The third-order valence-corrected chi connectivity index (χ3v) is 8.27. The van der Waals surface area contributed by atoms with Crippen molar-refractivity contribution in [1.29, 1.82) is 0 Å². The highest BCUT2D eigenvalue weighted by molar-refractivity contribution is 7.98. The Morgan fingerprint density at radius 1 is 1.03 bits per heavy atom. The van der Waals surface area contributed by atoms with E-state index in [2.05, 4.69) is 11.1 Å². The van der Waals surface area contributed by atoms with Crippen molar-refractivity contribution in [2.75, 3.05) is 45.6 Å². The number of rotatable bonds is 6. The van der Waals surface area contributed by atoms with Gasteiger partial charge in [-0.3, -0.25) is 9.59 Å². The van der Waals surface area contributed by atoms with Crippen LogP contribution in [0.5, 0.6) is 11.5 Å². The van der Waals surface area contributed by atoms with E-state index in [1.54, 1.807) is 6.20 Å². The quantitative estimate of drug-likeness (QED) is 0.563. The number of piperidine rings is 1. The lowest BCUT2D eigenvalue weighted by Gasteiger charge is -2.39. The Kier molecular flexibility index (Phi) is 7.18. The molecular formula is C27H33N3O4S. The van der Waals surface area contributed by atoms with E-state index in [0.717, 1.165) is 74.8 Å². The Balaban J connectivity index is 1.09. The number of nitrogens with zero attached hydrogens (tertiary/aromatic N) is 3. The smallest absolute Gasteiger partial charge is 0.256 e. The highest BCUT2D eigenvalue weighted by atomic mass is 32.2. The minimum absolute atomic E-state index is 0.0716. The van der Waals surface area contributed by atoms with Crippen molar-refractivity contribution in [3.8, 4) is 11.5 Å². The summed E-state index contributed by atoms with van der Waals surface area (Å²) in [4.78, 5) is 34.3. The molecule has 2 amide bonds. The maximum atomic E-state index is 13.1. The van der Waals surface area contributed by atoms with Crippen LogP contribution in [0.4, 0.5) is 0 Å². The van der Waals surface area contributed by atoms with Gasteiger partial charge in [-0.05, 0) is 73.6 Å². The van der Waals surface area contributed by atoms with E-state index in [1.165, 1.54) is 17.3 Å². The molecule has 1 spiro atoms. The minimum Gasteiger partial charge on any atom is -0.486 e. The molecule has 0 aliphatic carbocycles. The Hall–Kier alpha value is -2.74. The van der Waals surface area contributed by atoms with Crippen LogP contribution in [0.3, 0.4) is 0 Å². The zero-order valence-electron chi connectivity index (χ0n) is 20.3. The van der Waals surface area contributed by atoms with Crippen molar-refractivity contribution >= 4 is 23.6 Å². The summed E-state index contributed by atoms with van der Waals surface area (Å²) in [7, 11) is 0. The summed E-state index contributed by atoms with van der Waals surface area (Å²) < 4.78 is 11.3. The number of benzene rings is 1. The van der Waals surface area contributed by atoms with Crippen LogP contribution in [0.1, 0.15) is 48.0 Å². The Bertz CT molecular complexity index is 1080. The second-order valence-corrected chi connectivity index (χ2v) is 10.5. The Morgan fingerprint density at radius 3 is 2.54 bits per heavy atom. The van der Waals surface area contributed by atoms with Crippen LogP contribution in [0.2, 0.25) is 0 Å². The SMILES string of the molecule is CSc1ncccc1C(=O)N1CCC2(CCN(C(=O)CCCc3ccc4c(c3)OCCO4)C2)CC1. The summed E-state index contributed by atoms with van der Waals surface area (Å²) in [6, 6.07) is 9.75. The number of aryl methyl sites for hydroxylation is 1. The van der Waals surface area contributed by atoms with Gasteiger partial charge >= 0.3 is 0 Å². The lowest BCUT2D eigenvalue weighted by atomic mass is 9.77. The summed E-state index contributed by atoms with van der Waals surface area (Å²) in [5.74, 6) is 1.93. The molecule has 0 radical (unpaired) electrons. The van der Waals surface area contributed by atoms with Gasteiger partial charge in [0.15, 0.2) is 11.5 Å². The third-order valence-electron chi connectivity index (χ3n) is 7.56. The molecule has 7 nitrogen and oxygen atoms in total. The standard InChI is InChI=1S/C27H33N3O4S/c1-35-25-21(5-3-12-28-25)26(32)29-13-9-27(10-14-29)11-15-30(19-27)24(31)6-2-4-20-7-8-22-23(18-20)34-17-16-33-22/h3,5,7-8,12,18H,2,4,6,9-11,13-17,19H2,1H3. The molecule has 3 aliphatic rings. The molecule has 0 saturated carbocycles. The summed E-state index contributed by atoms with van der Waals surface area (Å²) in [6.45, 7) is 4.31. The minimum atomic E-state index is 0.0716. The van der Waals surface area contributed by atoms with Crippen LogP contribution < -0.4 is 9.47 Å². The van der Waals surface area contributed by atoms with E-state index in [4.69, 9.17) is 9.47 Å². The number of aromatic nitrogens is 1. The van der Waals surface area contributed by atoms with Crippen LogP contribution in [0, 0.1) is 5.41 Å². The number of hydrogen-bond donors (Lipinski definition) is 0. The van der Waals surface area contributed by atoms with Crippen molar-refractivity contribution in [2.45, 2.75) is 43.6 Å². The predicted octanol–water partition coefficient (Wildman–Crippen LogP) is 4.05. The zero-order chi connectivity index (χ0) is 24.3. The van der Waals surface area contributed by atoms with Crippen LogP contribution in [-0.2, 0) is 11.2 Å². The number of pyridine rings is 1. The number of likely N-dealkylation sites (tertiary alicyclic amines) is 2. The molecule has 0 bridgehead atoms. The zero-order valence-corrected chi connectivity index (χ0v) is 21.1. The second kappa shape index (κ2) is 10.5. The molecule has 1 aromatic carbocycles. The number of fused-ring (bicyclic) bond motifs is 1. The van der Waals surface area contributed by atoms with Crippen LogP contribution in [0.25, 0.3) is 0 Å². The fraction of sp³-hybridized carbons (Fsp3) is 0.519. The fourth-order valence-corrected chi connectivity index (χ4v) is 6.01. The summed E-state index contributed by atoms with van der Waals surface area (Å²) in [6.07, 6.45) is 8.86. The summed E-state index contributed by atoms with van der Waals surface area (Å²) >= 11 is 1.51. The van der Waals surface area contributed by atoms with E-state index in [0.29, 0.717) is 25.2 Å². The van der Waals surface area contributed by atoms with E-state index < -0.39 is 0 Å². The Labute approximate surface area is 211 Å². The summed E-state index contributed by atoms with van der Waals surface area (Å²) in [5.41, 5.74) is 2.02. The molecule has 2 fully saturated rings. The van der Waals surface area contributed by atoms with Gasteiger partial charge in [0.2, 0.25) is 5.91 Å². The van der Waals surface area contributed by atoms with Crippen molar-refractivity contribution in [1.82, 2.24) is 14.8 Å². The topological polar surface area (TPSA) is 72.0 Å². The first-order valence-electron chi connectivity index (χ1n) is 12.5. The maximum absolute atomic E-state index is 13.1. The molecule has 1 aromatic heterocycles.